The minimum Gasteiger partial charge on any atom is -0.275 e. The van der Waals surface area contributed by atoms with Crippen LogP contribution in [-0.2, 0) is 6.18 Å². The van der Waals surface area contributed by atoms with Crippen LogP contribution in [0.3, 0.4) is 0 Å². The van der Waals surface area contributed by atoms with Gasteiger partial charge in [0.05, 0.1) is 11.8 Å². The molecule has 2 aromatic heterocycles. The number of alkyl halides is 3. The molecule has 9 heteroatoms. The Kier molecular flexibility index (Phi) is 3.04. The number of carbonyl (C=O) groups excluding carboxylic acids is 1. The fourth-order valence-corrected chi connectivity index (χ4v) is 1.46. The third-order valence-electron chi connectivity index (χ3n) is 1.99. The molecule has 2 rings (SSSR count). The van der Waals surface area contributed by atoms with Crippen molar-refractivity contribution in [1.82, 2.24) is 19.7 Å². The van der Waals surface area contributed by atoms with E-state index in [0.717, 1.165) is 6.20 Å². The number of nitrogens with zero attached hydrogens (tertiary/aromatic N) is 4. The van der Waals surface area contributed by atoms with Gasteiger partial charge in [0.25, 0.3) is 11.2 Å². The minimum atomic E-state index is -4.80. The third kappa shape index (κ3) is 2.19. The fourth-order valence-electron chi connectivity index (χ4n) is 1.32. The number of carbonyl (C=O) groups is 1. The average molecular weight is 277 g/mol. The molecule has 0 saturated carbocycles. The molecule has 0 aliphatic carbocycles. The van der Waals surface area contributed by atoms with Crippen molar-refractivity contribution in [2.24, 2.45) is 0 Å². The Morgan fingerprint density at radius 1 is 1.28 bits per heavy atom. The van der Waals surface area contributed by atoms with Crippen LogP contribution in [0.5, 0.6) is 0 Å². The van der Waals surface area contributed by atoms with Crippen LogP contribution in [-0.4, -0.2) is 25.0 Å². The second-order valence-corrected chi connectivity index (χ2v) is 3.48. The van der Waals surface area contributed by atoms with Crippen LogP contribution in [0.15, 0.2) is 24.7 Å². The van der Waals surface area contributed by atoms with E-state index >= 15 is 0 Å². The van der Waals surface area contributed by atoms with Crippen LogP contribution in [0.2, 0.25) is 0 Å². The molecule has 0 aromatic carbocycles. The van der Waals surface area contributed by atoms with E-state index in [2.05, 4.69) is 15.1 Å². The molecule has 94 valence electrons. The molecule has 0 spiro atoms. The summed E-state index contributed by atoms with van der Waals surface area (Å²) >= 11 is 5.08. The summed E-state index contributed by atoms with van der Waals surface area (Å²) in [5.74, 6) is -0.297. The quantitative estimate of drug-likeness (QED) is 0.788. The standard InChI is InChI=1S/C9H4ClF3N4O/c10-7(18)5-4-16-17(6(5)9(11,12)13)8-14-2-1-3-15-8/h1-4H. The maximum atomic E-state index is 12.9. The minimum absolute atomic E-state index is 0.297. The first-order valence-corrected chi connectivity index (χ1v) is 4.91. The van der Waals surface area contributed by atoms with E-state index in [0.29, 0.717) is 4.68 Å². The lowest BCUT2D eigenvalue weighted by Crippen LogP contribution is -2.17. The van der Waals surface area contributed by atoms with Gasteiger partial charge in [-0.1, -0.05) is 0 Å². The van der Waals surface area contributed by atoms with Crippen molar-refractivity contribution in [2.45, 2.75) is 6.18 Å². The monoisotopic (exact) mass is 276 g/mol. The van der Waals surface area contributed by atoms with Crippen molar-refractivity contribution >= 4 is 16.8 Å². The van der Waals surface area contributed by atoms with Gasteiger partial charge >= 0.3 is 6.18 Å². The molecular weight excluding hydrogens is 273 g/mol. The Balaban J connectivity index is 2.67. The molecule has 18 heavy (non-hydrogen) atoms. The van der Waals surface area contributed by atoms with Crippen LogP contribution >= 0.6 is 11.6 Å². The molecular formula is C9H4ClF3N4O. The lowest BCUT2D eigenvalue weighted by molar-refractivity contribution is -0.143. The van der Waals surface area contributed by atoms with Gasteiger partial charge in [-0.05, 0) is 17.7 Å². The number of halogens is 4. The van der Waals surface area contributed by atoms with Gasteiger partial charge in [0.15, 0.2) is 5.69 Å². The zero-order chi connectivity index (χ0) is 13.3. The van der Waals surface area contributed by atoms with E-state index in [1.165, 1.54) is 18.5 Å². The van der Waals surface area contributed by atoms with E-state index in [9.17, 15) is 18.0 Å². The summed E-state index contributed by atoms with van der Waals surface area (Å²) in [5.41, 5.74) is -2.04. The van der Waals surface area contributed by atoms with Gasteiger partial charge in [0.2, 0.25) is 0 Å². The smallest absolute Gasteiger partial charge is 0.275 e. The van der Waals surface area contributed by atoms with Crippen molar-refractivity contribution in [1.29, 1.82) is 0 Å². The first-order chi connectivity index (χ1) is 8.41. The summed E-state index contributed by atoms with van der Waals surface area (Å²) in [4.78, 5) is 18.2. The van der Waals surface area contributed by atoms with Gasteiger partial charge in [-0.25, -0.2) is 9.97 Å². The van der Waals surface area contributed by atoms with Crippen molar-refractivity contribution in [3.63, 3.8) is 0 Å². The van der Waals surface area contributed by atoms with Gasteiger partial charge in [0, 0.05) is 12.4 Å². The van der Waals surface area contributed by atoms with Crippen molar-refractivity contribution in [3.05, 3.63) is 35.9 Å². The van der Waals surface area contributed by atoms with Crippen LogP contribution in [0.25, 0.3) is 5.95 Å². The average Bonchev–Trinajstić information content (AvgIpc) is 2.74. The molecule has 0 radical (unpaired) electrons. The molecule has 0 unspecified atom stereocenters. The van der Waals surface area contributed by atoms with E-state index in [-0.39, 0.29) is 5.95 Å². The Morgan fingerprint density at radius 3 is 2.39 bits per heavy atom. The summed E-state index contributed by atoms with van der Waals surface area (Å²) < 4.78 is 39.0. The molecule has 0 aliphatic rings. The Morgan fingerprint density at radius 2 is 1.89 bits per heavy atom. The predicted octanol–water partition coefficient (Wildman–Crippen LogP) is 2.06. The predicted molar refractivity (Wildman–Crippen MR) is 54.3 cm³/mol. The van der Waals surface area contributed by atoms with Crippen LogP contribution in [0.4, 0.5) is 13.2 Å². The molecule has 0 bridgehead atoms. The molecule has 2 aromatic rings. The van der Waals surface area contributed by atoms with Gasteiger partial charge in [-0.15, -0.1) is 0 Å². The molecule has 0 fully saturated rings. The summed E-state index contributed by atoms with van der Waals surface area (Å²) in [6.45, 7) is 0. The van der Waals surface area contributed by atoms with Gasteiger partial charge in [-0.3, -0.25) is 4.79 Å². The SMILES string of the molecule is O=C(Cl)c1cnn(-c2ncccn2)c1C(F)(F)F. The number of hydrogen-bond donors (Lipinski definition) is 0. The molecule has 0 amide bonds. The topological polar surface area (TPSA) is 60.7 Å². The summed E-state index contributed by atoms with van der Waals surface area (Å²) in [5, 5.41) is 2.19. The van der Waals surface area contributed by atoms with Gasteiger partial charge in [-0.2, -0.15) is 23.0 Å². The molecule has 2 heterocycles. The van der Waals surface area contributed by atoms with Crippen LogP contribution < -0.4 is 0 Å². The highest BCUT2D eigenvalue weighted by Crippen LogP contribution is 2.33. The zero-order valence-electron chi connectivity index (χ0n) is 8.52. The molecule has 0 atom stereocenters. The van der Waals surface area contributed by atoms with Crippen molar-refractivity contribution in [3.8, 4) is 5.95 Å². The fraction of sp³-hybridized carbons (Fsp3) is 0.111. The van der Waals surface area contributed by atoms with E-state index in [1.807, 2.05) is 0 Å². The number of rotatable bonds is 2. The van der Waals surface area contributed by atoms with E-state index < -0.39 is 22.7 Å². The highest BCUT2D eigenvalue weighted by Gasteiger charge is 2.40. The lowest BCUT2D eigenvalue weighted by Gasteiger charge is -2.09. The lowest BCUT2D eigenvalue weighted by atomic mass is 10.2. The zero-order valence-corrected chi connectivity index (χ0v) is 9.27. The normalized spacial score (nSPS) is 11.6. The van der Waals surface area contributed by atoms with Gasteiger partial charge in [0.1, 0.15) is 0 Å². The van der Waals surface area contributed by atoms with Crippen molar-refractivity contribution < 1.29 is 18.0 Å². The first kappa shape index (κ1) is 12.5. The maximum absolute atomic E-state index is 12.9. The second-order valence-electron chi connectivity index (χ2n) is 3.14. The first-order valence-electron chi connectivity index (χ1n) is 4.53. The van der Waals surface area contributed by atoms with Gasteiger partial charge < -0.3 is 0 Å². The number of hydrogen-bond acceptors (Lipinski definition) is 4. The summed E-state index contributed by atoms with van der Waals surface area (Å²) in [6, 6.07) is 1.44. The van der Waals surface area contributed by atoms with E-state index in [1.54, 1.807) is 0 Å². The molecule has 0 saturated heterocycles. The van der Waals surface area contributed by atoms with E-state index in [4.69, 9.17) is 11.6 Å². The molecule has 5 nitrogen and oxygen atoms in total. The van der Waals surface area contributed by atoms with Crippen molar-refractivity contribution in [2.75, 3.05) is 0 Å². The van der Waals surface area contributed by atoms with Crippen LogP contribution in [0, 0.1) is 0 Å². The molecule has 0 aliphatic heterocycles. The number of aromatic nitrogens is 4. The highest BCUT2D eigenvalue weighted by atomic mass is 35.5. The van der Waals surface area contributed by atoms with Crippen LogP contribution in [0.1, 0.15) is 16.1 Å². The Hall–Kier alpha value is -1.96. The maximum Gasteiger partial charge on any atom is 0.434 e. The largest absolute Gasteiger partial charge is 0.434 e. The Labute approximate surface area is 103 Å². The summed E-state index contributed by atoms with van der Waals surface area (Å²) in [7, 11) is 0. The third-order valence-corrected chi connectivity index (χ3v) is 2.19. The summed E-state index contributed by atoms with van der Waals surface area (Å²) in [6.07, 6.45) is -1.55. The second kappa shape index (κ2) is 4.37. The highest BCUT2D eigenvalue weighted by molar-refractivity contribution is 6.67. The Bertz CT molecular complexity index is 581. The molecule has 0 N–H and O–H groups in total.